The van der Waals surface area contributed by atoms with Crippen LogP contribution in [0.5, 0.6) is 0 Å². The van der Waals surface area contributed by atoms with E-state index in [2.05, 4.69) is 15.3 Å². The molecular formula is C14H14N4O. The third-order valence-electron chi connectivity index (χ3n) is 3.12. The molecule has 19 heavy (non-hydrogen) atoms. The van der Waals surface area contributed by atoms with E-state index in [1.54, 1.807) is 6.20 Å². The zero-order chi connectivity index (χ0) is 13.4. The standard InChI is InChI=1S/C14H14N4O/c1-3-18-12-10(7-6-9(2)16-12)14(19)17-11-5-4-8-15-13(11)18/h4-8H,3H2,1-2H3,(H,17,19). The molecule has 5 heteroatoms. The Bertz CT molecular complexity index is 654. The van der Waals surface area contributed by atoms with Crippen LogP contribution in [0.25, 0.3) is 0 Å². The van der Waals surface area contributed by atoms with Gasteiger partial charge in [-0.3, -0.25) is 4.79 Å². The minimum Gasteiger partial charge on any atom is -0.319 e. The van der Waals surface area contributed by atoms with Gasteiger partial charge in [-0.1, -0.05) is 0 Å². The fraction of sp³-hybridized carbons (Fsp3) is 0.214. The zero-order valence-corrected chi connectivity index (χ0v) is 10.8. The zero-order valence-electron chi connectivity index (χ0n) is 10.8. The number of fused-ring (bicyclic) bond motifs is 2. The molecule has 0 bridgehead atoms. The van der Waals surface area contributed by atoms with E-state index in [-0.39, 0.29) is 5.91 Å². The topological polar surface area (TPSA) is 58.1 Å². The third-order valence-corrected chi connectivity index (χ3v) is 3.12. The lowest BCUT2D eigenvalue weighted by Gasteiger charge is -2.21. The molecule has 3 rings (SSSR count). The lowest BCUT2D eigenvalue weighted by molar-refractivity contribution is 0.102. The van der Waals surface area contributed by atoms with Crippen molar-refractivity contribution in [2.24, 2.45) is 0 Å². The van der Waals surface area contributed by atoms with Crippen molar-refractivity contribution in [3.63, 3.8) is 0 Å². The summed E-state index contributed by atoms with van der Waals surface area (Å²) in [5.74, 6) is 1.25. The second kappa shape index (κ2) is 4.35. The predicted molar refractivity (Wildman–Crippen MR) is 73.8 cm³/mol. The Kier molecular flexibility index (Phi) is 2.67. The second-order valence-corrected chi connectivity index (χ2v) is 4.40. The summed E-state index contributed by atoms with van der Waals surface area (Å²) in [6.07, 6.45) is 1.72. The number of aromatic nitrogens is 2. The number of pyridine rings is 2. The van der Waals surface area contributed by atoms with Gasteiger partial charge in [0.15, 0.2) is 5.82 Å². The number of carbonyl (C=O) groups excluding carboxylic acids is 1. The van der Waals surface area contributed by atoms with Crippen LogP contribution < -0.4 is 10.2 Å². The number of hydrogen-bond donors (Lipinski definition) is 1. The van der Waals surface area contributed by atoms with Crippen molar-refractivity contribution in [3.05, 3.63) is 41.7 Å². The Hall–Kier alpha value is -2.43. The predicted octanol–water partition coefficient (Wildman–Crippen LogP) is 2.51. The maximum atomic E-state index is 12.2. The molecule has 1 N–H and O–H groups in total. The molecule has 0 aliphatic carbocycles. The highest BCUT2D eigenvalue weighted by Crippen LogP contribution is 2.34. The normalized spacial score (nSPS) is 13.4. The van der Waals surface area contributed by atoms with E-state index < -0.39 is 0 Å². The first kappa shape index (κ1) is 11.6. The molecule has 2 aromatic rings. The van der Waals surface area contributed by atoms with Gasteiger partial charge in [0.05, 0.1) is 11.3 Å². The van der Waals surface area contributed by atoms with Crippen LogP contribution in [-0.2, 0) is 0 Å². The number of hydrogen-bond acceptors (Lipinski definition) is 4. The quantitative estimate of drug-likeness (QED) is 0.849. The maximum absolute atomic E-state index is 12.2. The Labute approximate surface area is 111 Å². The molecule has 0 unspecified atom stereocenters. The lowest BCUT2D eigenvalue weighted by atomic mass is 10.2. The molecule has 1 aliphatic rings. The number of rotatable bonds is 1. The second-order valence-electron chi connectivity index (χ2n) is 4.40. The molecule has 5 nitrogen and oxygen atoms in total. The van der Waals surface area contributed by atoms with Crippen molar-refractivity contribution >= 4 is 23.2 Å². The molecule has 0 spiro atoms. The molecule has 1 amide bonds. The van der Waals surface area contributed by atoms with Crippen LogP contribution in [0.2, 0.25) is 0 Å². The average molecular weight is 254 g/mol. The molecule has 96 valence electrons. The summed E-state index contributed by atoms with van der Waals surface area (Å²) in [4.78, 5) is 23.1. The van der Waals surface area contributed by atoms with Gasteiger partial charge in [0.25, 0.3) is 5.91 Å². The monoisotopic (exact) mass is 254 g/mol. The van der Waals surface area contributed by atoms with Gasteiger partial charge in [0.2, 0.25) is 0 Å². The summed E-state index contributed by atoms with van der Waals surface area (Å²) in [6.45, 7) is 4.63. The largest absolute Gasteiger partial charge is 0.319 e. The van der Waals surface area contributed by atoms with Crippen molar-refractivity contribution < 1.29 is 4.79 Å². The fourth-order valence-electron chi connectivity index (χ4n) is 2.23. The smallest absolute Gasteiger partial charge is 0.259 e. The Morgan fingerprint density at radius 3 is 2.89 bits per heavy atom. The highest BCUT2D eigenvalue weighted by Gasteiger charge is 2.26. The minimum absolute atomic E-state index is 0.146. The van der Waals surface area contributed by atoms with Gasteiger partial charge in [-0.15, -0.1) is 0 Å². The van der Waals surface area contributed by atoms with E-state index in [1.165, 1.54) is 0 Å². The van der Waals surface area contributed by atoms with Crippen LogP contribution in [0, 0.1) is 6.92 Å². The Morgan fingerprint density at radius 2 is 2.11 bits per heavy atom. The summed E-state index contributed by atoms with van der Waals surface area (Å²) in [6, 6.07) is 7.31. The van der Waals surface area contributed by atoms with Gasteiger partial charge >= 0.3 is 0 Å². The molecule has 0 saturated heterocycles. The minimum atomic E-state index is -0.146. The molecule has 0 saturated carbocycles. The highest BCUT2D eigenvalue weighted by molar-refractivity contribution is 6.11. The Morgan fingerprint density at radius 1 is 1.26 bits per heavy atom. The van der Waals surface area contributed by atoms with Crippen molar-refractivity contribution in [3.8, 4) is 0 Å². The molecule has 3 heterocycles. The van der Waals surface area contributed by atoms with Crippen LogP contribution in [0.15, 0.2) is 30.5 Å². The molecule has 0 atom stereocenters. The van der Waals surface area contributed by atoms with Gasteiger partial charge in [-0.25, -0.2) is 9.97 Å². The number of nitrogens with one attached hydrogen (secondary N) is 1. The summed E-state index contributed by atoms with van der Waals surface area (Å²) >= 11 is 0. The first-order chi connectivity index (χ1) is 9.20. The van der Waals surface area contributed by atoms with Crippen LogP contribution in [0.3, 0.4) is 0 Å². The maximum Gasteiger partial charge on any atom is 0.259 e. The summed E-state index contributed by atoms with van der Waals surface area (Å²) in [5, 5.41) is 2.88. The number of anilines is 3. The summed E-state index contributed by atoms with van der Waals surface area (Å²) < 4.78 is 0. The van der Waals surface area contributed by atoms with Crippen molar-refractivity contribution in [2.75, 3.05) is 16.8 Å². The molecule has 0 fully saturated rings. The van der Waals surface area contributed by atoms with Crippen molar-refractivity contribution in [2.45, 2.75) is 13.8 Å². The van der Waals surface area contributed by atoms with E-state index in [1.807, 2.05) is 43.0 Å². The number of carbonyl (C=O) groups is 1. The van der Waals surface area contributed by atoms with Crippen LogP contribution in [-0.4, -0.2) is 22.4 Å². The summed E-state index contributed by atoms with van der Waals surface area (Å²) in [5.41, 5.74) is 2.17. The van der Waals surface area contributed by atoms with E-state index in [4.69, 9.17) is 0 Å². The van der Waals surface area contributed by atoms with Crippen molar-refractivity contribution in [1.82, 2.24) is 9.97 Å². The van der Waals surface area contributed by atoms with Crippen LogP contribution in [0.1, 0.15) is 23.0 Å². The van der Waals surface area contributed by atoms with E-state index in [9.17, 15) is 4.79 Å². The SMILES string of the molecule is CCN1c2ncccc2NC(=O)c2ccc(C)nc21. The van der Waals surface area contributed by atoms with E-state index >= 15 is 0 Å². The third kappa shape index (κ3) is 1.83. The molecule has 2 aromatic heterocycles. The van der Waals surface area contributed by atoms with Gasteiger partial charge in [-0.05, 0) is 38.1 Å². The number of amides is 1. The van der Waals surface area contributed by atoms with E-state index in [0.717, 1.165) is 11.5 Å². The molecule has 0 aromatic carbocycles. The molecular weight excluding hydrogens is 240 g/mol. The molecule has 0 radical (unpaired) electrons. The highest BCUT2D eigenvalue weighted by atomic mass is 16.1. The van der Waals surface area contributed by atoms with Gasteiger partial charge in [0.1, 0.15) is 5.82 Å². The number of aryl methyl sites for hydroxylation is 1. The summed E-state index contributed by atoms with van der Waals surface area (Å²) in [7, 11) is 0. The van der Waals surface area contributed by atoms with Crippen molar-refractivity contribution in [1.29, 1.82) is 0 Å². The van der Waals surface area contributed by atoms with Gasteiger partial charge in [0, 0.05) is 18.4 Å². The Balaban J connectivity index is 2.27. The van der Waals surface area contributed by atoms with Gasteiger partial charge in [-0.2, -0.15) is 0 Å². The first-order valence-corrected chi connectivity index (χ1v) is 6.22. The average Bonchev–Trinajstić information content (AvgIpc) is 2.52. The molecule has 1 aliphatic heterocycles. The lowest BCUT2D eigenvalue weighted by Crippen LogP contribution is -2.20. The first-order valence-electron chi connectivity index (χ1n) is 6.22. The fourth-order valence-corrected chi connectivity index (χ4v) is 2.23. The van der Waals surface area contributed by atoms with Gasteiger partial charge < -0.3 is 10.2 Å². The van der Waals surface area contributed by atoms with Crippen LogP contribution >= 0.6 is 0 Å². The van der Waals surface area contributed by atoms with E-state index in [0.29, 0.717) is 23.6 Å². The number of nitrogens with zero attached hydrogens (tertiary/aromatic N) is 3. The van der Waals surface area contributed by atoms with Crippen LogP contribution in [0.4, 0.5) is 17.3 Å².